The van der Waals surface area contributed by atoms with Crippen molar-refractivity contribution in [1.29, 1.82) is 0 Å². The molecule has 4 rings (SSSR count). The van der Waals surface area contributed by atoms with Crippen LogP contribution in [0.5, 0.6) is 5.75 Å². The summed E-state index contributed by atoms with van der Waals surface area (Å²) in [5, 5.41) is 4.71. The smallest absolute Gasteiger partial charge is 0.250 e. The molecule has 0 aliphatic carbocycles. The highest BCUT2D eigenvalue weighted by molar-refractivity contribution is 7.15. The fraction of sp³-hybridized carbons (Fsp3) is 0.130. The summed E-state index contributed by atoms with van der Waals surface area (Å²) in [7, 11) is 1.55. The van der Waals surface area contributed by atoms with Gasteiger partial charge in [0.15, 0.2) is 16.5 Å². The molecule has 0 radical (unpaired) electrons. The number of hydrogen-bond donors (Lipinski definition) is 1. The number of fused-ring (bicyclic) bond motifs is 1. The van der Waals surface area contributed by atoms with E-state index >= 15 is 0 Å². The molecule has 5 nitrogen and oxygen atoms in total. The highest BCUT2D eigenvalue weighted by Gasteiger charge is 2.10. The summed E-state index contributed by atoms with van der Waals surface area (Å²) in [6.45, 7) is 2.06. The third-order valence-electron chi connectivity index (χ3n) is 4.47. The van der Waals surface area contributed by atoms with Crippen LogP contribution in [0.15, 0.2) is 59.2 Å². The van der Waals surface area contributed by atoms with Gasteiger partial charge in [-0.2, -0.15) is 0 Å². The molecule has 0 spiro atoms. The number of carbonyl (C=O) groups excluding carboxylic acids is 1. The van der Waals surface area contributed by atoms with Crippen LogP contribution in [-0.2, 0) is 11.2 Å². The molecule has 0 saturated heterocycles. The molecule has 1 amide bonds. The van der Waals surface area contributed by atoms with Crippen molar-refractivity contribution in [3.63, 3.8) is 0 Å². The van der Waals surface area contributed by atoms with Crippen molar-refractivity contribution in [2.75, 3.05) is 12.4 Å². The number of furan rings is 1. The number of rotatable bonds is 6. The van der Waals surface area contributed by atoms with E-state index in [1.807, 2.05) is 0 Å². The zero-order valence-electron chi connectivity index (χ0n) is 16.4. The summed E-state index contributed by atoms with van der Waals surface area (Å²) in [6.07, 6.45) is 5.59. The van der Waals surface area contributed by atoms with Crippen LogP contribution >= 0.6 is 22.9 Å². The van der Waals surface area contributed by atoms with Crippen LogP contribution in [0, 0.1) is 6.92 Å². The number of amides is 1. The molecule has 30 heavy (non-hydrogen) atoms. The Balaban J connectivity index is 1.41. The molecule has 7 heteroatoms. The number of halogens is 1. The van der Waals surface area contributed by atoms with E-state index in [0.29, 0.717) is 27.2 Å². The normalized spacial score (nSPS) is 11.3. The van der Waals surface area contributed by atoms with Crippen molar-refractivity contribution in [2.24, 2.45) is 0 Å². The molecular formula is C23H19ClN2O3S. The number of nitrogens with zero attached hydrogens (tertiary/aromatic N) is 1. The Morgan fingerprint density at radius 1 is 1.27 bits per heavy atom. The predicted octanol–water partition coefficient (Wildman–Crippen LogP) is 6.10. The maximum absolute atomic E-state index is 12.3. The van der Waals surface area contributed by atoms with Crippen molar-refractivity contribution in [3.8, 4) is 5.75 Å². The van der Waals surface area contributed by atoms with Gasteiger partial charge in [0.05, 0.1) is 7.11 Å². The molecular weight excluding hydrogens is 420 g/mol. The molecule has 0 bridgehead atoms. The molecule has 0 atom stereocenters. The Hall–Kier alpha value is -3.09. The quantitative estimate of drug-likeness (QED) is 0.369. The minimum absolute atomic E-state index is 0.281. The van der Waals surface area contributed by atoms with E-state index in [0.717, 1.165) is 16.7 Å². The number of methoxy groups -OCH3 is 1. The zero-order chi connectivity index (χ0) is 21.1. The number of anilines is 1. The lowest BCUT2D eigenvalue weighted by Crippen LogP contribution is -2.06. The van der Waals surface area contributed by atoms with E-state index in [4.69, 9.17) is 20.8 Å². The maximum Gasteiger partial charge on any atom is 0.250 e. The lowest BCUT2D eigenvalue weighted by molar-refractivity contribution is -0.111. The largest absolute Gasteiger partial charge is 0.493 e. The average molecular weight is 439 g/mol. The van der Waals surface area contributed by atoms with Gasteiger partial charge in [0, 0.05) is 40.0 Å². The Morgan fingerprint density at radius 3 is 2.83 bits per heavy atom. The van der Waals surface area contributed by atoms with Crippen molar-refractivity contribution in [2.45, 2.75) is 13.3 Å². The number of nitrogens with one attached hydrogen (secondary N) is 1. The molecule has 0 aliphatic rings. The molecule has 2 aromatic heterocycles. The number of thiazole rings is 1. The van der Waals surface area contributed by atoms with Crippen molar-refractivity contribution >= 4 is 51.0 Å². The Morgan fingerprint density at radius 2 is 2.07 bits per heavy atom. The van der Waals surface area contributed by atoms with Crippen LogP contribution in [0.1, 0.15) is 21.8 Å². The van der Waals surface area contributed by atoms with Crippen LogP contribution in [0.25, 0.3) is 17.0 Å². The van der Waals surface area contributed by atoms with Gasteiger partial charge >= 0.3 is 0 Å². The minimum atomic E-state index is -0.281. The summed E-state index contributed by atoms with van der Waals surface area (Å²) in [5.74, 6) is 0.794. The van der Waals surface area contributed by atoms with E-state index in [-0.39, 0.29) is 5.91 Å². The predicted molar refractivity (Wildman–Crippen MR) is 122 cm³/mol. The number of benzene rings is 2. The summed E-state index contributed by atoms with van der Waals surface area (Å²) < 4.78 is 11.0. The van der Waals surface area contributed by atoms with Crippen LogP contribution < -0.4 is 10.1 Å². The third-order valence-corrected chi connectivity index (χ3v) is 5.60. The van der Waals surface area contributed by atoms with Gasteiger partial charge in [-0.15, -0.1) is 11.3 Å². The summed E-state index contributed by atoms with van der Waals surface area (Å²) >= 11 is 7.54. The molecule has 0 unspecified atom stereocenters. The summed E-state index contributed by atoms with van der Waals surface area (Å²) in [4.78, 5) is 17.6. The maximum atomic E-state index is 12.3. The first-order valence-corrected chi connectivity index (χ1v) is 10.5. The average Bonchev–Trinajstić information content (AvgIpc) is 3.33. The van der Waals surface area contributed by atoms with Gasteiger partial charge in [-0.25, -0.2) is 4.98 Å². The van der Waals surface area contributed by atoms with Gasteiger partial charge in [0.2, 0.25) is 5.91 Å². The van der Waals surface area contributed by atoms with Crippen LogP contribution in [0.2, 0.25) is 5.02 Å². The van der Waals surface area contributed by atoms with E-state index in [9.17, 15) is 4.79 Å². The van der Waals surface area contributed by atoms with Crippen molar-refractivity contribution < 1.29 is 13.9 Å². The van der Waals surface area contributed by atoms with Crippen LogP contribution in [0.4, 0.5) is 5.13 Å². The standard InChI is InChI=1S/C23H19ClN2O3S/c1-14-3-5-15(6-4-14)9-19-13-25-23(30-19)26-21(27)8-7-18-11-16-10-17(24)12-20(28-2)22(16)29-18/h3-8,10-13H,9H2,1-2H3,(H,25,26,27)/b8-7+. The second-order valence-electron chi connectivity index (χ2n) is 6.79. The topological polar surface area (TPSA) is 64.4 Å². The van der Waals surface area contributed by atoms with E-state index in [2.05, 4.69) is 41.5 Å². The number of aryl methyl sites for hydroxylation is 1. The van der Waals surface area contributed by atoms with Crippen molar-refractivity contribution in [3.05, 3.63) is 81.5 Å². The molecule has 0 fully saturated rings. The van der Waals surface area contributed by atoms with Gasteiger partial charge < -0.3 is 9.15 Å². The van der Waals surface area contributed by atoms with Crippen LogP contribution in [-0.4, -0.2) is 18.0 Å². The minimum Gasteiger partial charge on any atom is -0.493 e. The van der Waals surface area contributed by atoms with E-state index in [1.165, 1.54) is 28.5 Å². The first-order valence-electron chi connectivity index (χ1n) is 9.26. The summed E-state index contributed by atoms with van der Waals surface area (Å²) in [5.41, 5.74) is 3.03. The van der Waals surface area contributed by atoms with Crippen LogP contribution in [0.3, 0.4) is 0 Å². The van der Waals surface area contributed by atoms with Crippen molar-refractivity contribution in [1.82, 2.24) is 4.98 Å². The number of ether oxygens (including phenoxy) is 1. The van der Waals surface area contributed by atoms with Gasteiger partial charge in [0.25, 0.3) is 0 Å². The van der Waals surface area contributed by atoms with Gasteiger partial charge in [0.1, 0.15) is 5.76 Å². The highest BCUT2D eigenvalue weighted by atomic mass is 35.5. The molecule has 2 heterocycles. The molecule has 0 saturated carbocycles. The number of carbonyl (C=O) groups is 1. The van der Waals surface area contributed by atoms with Gasteiger partial charge in [-0.05, 0) is 30.7 Å². The lowest BCUT2D eigenvalue weighted by Gasteiger charge is -2.00. The molecule has 0 aliphatic heterocycles. The second-order valence-corrected chi connectivity index (χ2v) is 8.34. The second kappa shape index (κ2) is 8.73. The first kappa shape index (κ1) is 20.2. The van der Waals surface area contributed by atoms with E-state index < -0.39 is 0 Å². The fourth-order valence-corrected chi connectivity index (χ4v) is 4.06. The first-order chi connectivity index (χ1) is 14.5. The lowest BCUT2D eigenvalue weighted by atomic mass is 10.1. The summed E-state index contributed by atoms with van der Waals surface area (Å²) in [6, 6.07) is 13.7. The molecule has 2 aromatic carbocycles. The zero-order valence-corrected chi connectivity index (χ0v) is 18.0. The third kappa shape index (κ3) is 4.72. The van der Waals surface area contributed by atoms with Gasteiger partial charge in [-0.1, -0.05) is 41.4 Å². The monoisotopic (exact) mass is 438 g/mol. The SMILES string of the molecule is COc1cc(Cl)cc2cc(/C=C/C(=O)Nc3ncc(Cc4ccc(C)cc4)s3)oc12. The number of hydrogen-bond acceptors (Lipinski definition) is 5. The van der Waals surface area contributed by atoms with E-state index in [1.54, 1.807) is 37.6 Å². The molecule has 152 valence electrons. The molecule has 1 N–H and O–H groups in total. The van der Waals surface area contributed by atoms with Gasteiger partial charge in [-0.3, -0.25) is 10.1 Å². The fourth-order valence-electron chi connectivity index (χ4n) is 3.00. The Labute approximate surface area is 183 Å². The number of aromatic nitrogens is 1. The highest BCUT2D eigenvalue weighted by Crippen LogP contribution is 2.32. The Bertz CT molecular complexity index is 1230. The Kier molecular flexibility index (Phi) is 5.88. The molecule has 4 aromatic rings.